The molecule has 6 rings (SSSR count). The topological polar surface area (TPSA) is 105 Å². The average molecular weight is 499 g/mol. The van der Waals surface area contributed by atoms with Crippen molar-refractivity contribution in [1.29, 1.82) is 0 Å². The Morgan fingerprint density at radius 3 is 2.59 bits per heavy atom. The number of amides is 2. The van der Waals surface area contributed by atoms with Crippen LogP contribution < -0.4 is 15.4 Å². The Morgan fingerprint density at radius 2 is 1.84 bits per heavy atom. The number of urea groups is 1. The lowest BCUT2D eigenvalue weighted by atomic mass is 9.86. The monoisotopic (exact) mass is 498 g/mol. The summed E-state index contributed by atoms with van der Waals surface area (Å²) in [5.41, 5.74) is 5.19. The first-order chi connectivity index (χ1) is 18.1. The fraction of sp³-hybridized carbons (Fsp3) is 0.286. The molecule has 188 valence electrons. The lowest BCUT2D eigenvalue weighted by molar-refractivity contribution is 0.261. The second-order valence-corrected chi connectivity index (χ2v) is 9.72. The molecular weight excluding hydrogens is 471 g/mol. The molecule has 0 radical (unpaired) electrons. The molecule has 3 N–H and O–H groups in total. The predicted octanol–water partition coefficient (Wildman–Crippen LogP) is 6.29. The summed E-state index contributed by atoms with van der Waals surface area (Å²) in [6.45, 7) is 2.38. The first kappa shape index (κ1) is 23.1. The third-order valence-corrected chi connectivity index (χ3v) is 7.06. The first-order valence-electron chi connectivity index (χ1n) is 12.5. The predicted molar refractivity (Wildman–Crippen MR) is 139 cm³/mol. The van der Waals surface area contributed by atoms with Gasteiger partial charge in [-0.2, -0.15) is 5.21 Å². The third kappa shape index (κ3) is 4.76. The molecule has 8 nitrogen and oxygen atoms in total. The van der Waals surface area contributed by atoms with E-state index in [2.05, 4.69) is 37.3 Å². The molecule has 1 aliphatic heterocycles. The number of aromatic amines is 1. The van der Waals surface area contributed by atoms with Crippen molar-refractivity contribution < 1.29 is 13.9 Å². The Balaban J connectivity index is 1.43. The van der Waals surface area contributed by atoms with Crippen molar-refractivity contribution in [2.24, 2.45) is 5.92 Å². The van der Waals surface area contributed by atoms with Crippen LogP contribution in [0, 0.1) is 18.7 Å². The number of ether oxygens (including phenoxy) is 1. The van der Waals surface area contributed by atoms with Crippen LogP contribution in [-0.4, -0.2) is 33.3 Å². The minimum absolute atomic E-state index is 0.115. The van der Waals surface area contributed by atoms with Crippen molar-refractivity contribution in [3.8, 4) is 28.3 Å². The number of anilines is 2. The van der Waals surface area contributed by atoms with Gasteiger partial charge in [0.05, 0.1) is 18.0 Å². The van der Waals surface area contributed by atoms with Crippen LogP contribution >= 0.6 is 0 Å². The molecule has 1 fully saturated rings. The second kappa shape index (κ2) is 9.65. The van der Waals surface area contributed by atoms with Crippen LogP contribution in [0.4, 0.5) is 20.6 Å². The number of halogens is 1. The van der Waals surface area contributed by atoms with Gasteiger partial charge in [-0.3, -0.25) is 0 Å². The summed E-state index contributed by atoms with van der Waals surface area (Å²) < 4.78 is 20.6. The van der Waals surface area contributed by atoms with Crippen molar-refractivity contribution in [3.63, 3.8) is 0 Å². The molecular formula is C28H27FN6O2. The smallest absolute Gasteiger partial charge is 0.323 e. The van der Waals surface area contributed by atoms with Gasteiger partial charge in [0.25, 0.3) is 0 Å². The highest BCUT2D eigenvalue weighted by Gasteiger charge is 2.36. The van der Waals surface area contributed by atoms with Crippen LogP contribution in [-0.2, 0) is 0 Å². The SMILES string of the molecule is Cc1ccc(NC(=O)Nc2cc(-c3ccccc3-c3nn[nH]n3)cc3c2OCCCC3C2CC2)c(F)c1. The van der Waals surface area contributed by atoms with Gasteiger partial charge >= 0.3 is 6.03 Å². The van der Waals surface area contributed by atoms with E-state index in [1.54, 1.807) is 19.1 Å². The summed E-state index contributed by atoms with van der Waals surface area (Å²) >= 11 is 0. The Hall–Kier alpha value is -4.27. The number of carbonyl (C=O) groups is 1. The molecule has 0 saturated heterocycles. The fourth-order valence-corrected chi connectivity index (χ4v) is 5.16. The molecule has 0 bridgehead atoms. The Morgan fingerprint density at radius 1 is 1.03 bits per heavy atom. The van der Waals surface area contributed by atoms with Gasteiger partial charge in [-0.15, -0.1) is 10.2 Å². The number of carbonyl (C=O) groups excluding carboxylic acids is 1. The van der Waals surface area contributed by atoms with E-state index in [1.807, 2.05) is 30.3 Å². The van der Waals surface area contributed by atoms with E-state index in [0.29, 0.717) is 35.7 Å². The minimum atomic E-state index is -0.538. The van der Waals surface area contributed by atoms with Crippen LogP contribution in [0.15, 0.2) is 54.6 Å². The van der Waals surface area contributed by atoms with Crippen LogP contribution in [0.2, 0.25) is 0 Å². The normalized spacial score (nSPS) is 16.9. The third-order valence-electron chi connectivity index (χ3n) is 7.06. The van der Waals surface area contributed by atoms with E-state index in [9.17, 15) is 9.18 Å². The van der Waals surface area contributed by atoms with Gasteiger partial charge in [0.2, 0.25) is 5.82 Å². The summed E-state index contributed by atoms with van der Waals surface area (Å²) in [4.78, 5) is 13.0. The molecule has 3 aromatic carbocycles. The fourth-order valence-electron chi connectivity index (χ4n) is 5.16. The number of nitrogens with one attached hydrogen (secondary N) is 3. The van der Waals surface area contributed by atoms with Crippen molar-refractivity contribution in [1.82, 2.24) is 20.6 Å². The van der Waals surface area contributed by atoms with Gasteiger partial charge in [0.1, 0.15) is 11.6 Å². The van der Waals surface area contributed by atoms with Crippen molar-refractivity contribution >= 4 is 17.4 Å². The maximum atomic E-state index is 14.4. The first-order valence-corrected chi connectivity index (χ1v) is 12.5. The summed E-state index contributed by atoms with van der Waals surface area (Å²) in [6.07, 6.45) is 4.38. The van der Waals surface area contributed by atoms with Gasteiger partial charge in [-0.1, -0.05) is 30.3 Å². The molecule has 0 spiro atoms. The Kier molecular flexibility index (Phi) is 6.04. The number of nitrogens with zero attached hydrogens (tertiary/aromatic N) is 3. The highest BCUT2D eigenvalue weighted by molar-refractivity contribution is 6.01. The van der Waals surface area contributed by atoms with E-state index in [4.69, 9.17) is 4.74 Å². The standard InChI is InChI=1S/C28H27FN6O2/c1-16-8-11-24(23(29)13-16)30-28(36)31-25-15-18(20-5-2-3-6-21(20)27-32-34-35-33-27)14-22-19(17-9-10-17)7-4-12-37-26(22)25/h2-3,5-6,8,11,13-15,17,19H,4,7,9-10,12H2,1H3,(H2,30,31,36)(H,32,33,34,35). The highest BCUT2D eigenvalue weighted by Crippen LogP contribution is 2.51. The van der Waals surface area contributed by atoms with Crippen LogP contribution in [0.25, 0.3) is 22.5 Å². The molecule has 1 aliphatic carbocycles. The van der Waals surface area contributed by atoms with E-state index in [0.717, 1.165) is 40.7 Å². The highest BCUT2D eigenvalue weighted by atomic mass is 19.1. The zero-order valence-electron chi connectivity index (χ0n) is 20.4. The van der Waals surface area contributed by atoms with E-state index >= 15 is 0 Å². The van der Waals surface area contributed by atoms with Crippen LogP contribution in [0.3, 0.4) is 0 Å². The largest absolute Gasteiger partial charge is 0.491 e. The van der Waals surface area contributed by atoms with Gasteiger partial charge in [-0.05, 0) is 90.6 Å². The lowest BCUT2D eigenvalue weighted by Gasteiger charge is -2.21. The van der Waals surface area contributed by atoms with Gasteiger partial charge < -0.3 is 15.4 Å². The Labute approximate surface area is 213 Å². The number of benzene rings is 3. The van der Waals surface area contributed by atoms with Gasteiger partial charge in [0, 0.05) is 11.1 Å². The van der Waals surface area contributed by atoms with Gasteiger partial charge in [-0.25, -0.2) is 9.18 Å². The number of rotatable bonds is 5. The molecule has 37 heavy (non-hydrogen) atoms. The van der Waals surface area contributed by atoms with Crippen molar-refractivity contribution in [2.45, 2.75) is 38.5 Å². The number of aryl methyl sites for hydroxylation is 1. The zero-order valence-corrected chi connectivity index (χ0v) is 20.4. The molecule has 2 heterocycles. The van der Waals surface area contributed by atoms with Gasteiger partial charge in [0.15, 0.2) is 0 Å². The van der Waals surface area contributed by atoms with Crippen molar-refractivity contribution in [2.75, 3.05) is 17.2 Å². The number of aromatic nitrogens is 4. The van der Waals surface area contributed by atoms with E-state index in [1.165, 1.54) is 18.9 Å². The van der Waals surface area contributed by atoms with E-state index in [-0.39, 0.29) is 5.69 Å². The van der Waals surface area contributed by atoms with E-state index < -0.39 is 11.8 Å². The molecule has 1 atom stereocenters. The Bertz CT molecular complexity index is 1450. The number of hydrogen-bond acceptors (Lipinski definition) is 5. The molecule has 4 aromatic rings. The summed E-state index contributed by atoms with van der Waals surface area (Å²) in [5.74, 6) is 1.67. The quantitative estimate of drug-likeness (QED) is 0.300. The second-order valence-electron chi connectivity index (χ2n) is 9.72. The lowest BCUT2D eigenvalue weighted by Crippen LogP contribution is -2.21. The molecule has 1 unspecified atom stereocenters. The minimum Gasteiger partial charge on any atom is -0.491 e. The summed E-state index contributed by atoms with van der Waals surface area (Å²) in [6, 6.07) is 16.1. The maximum absolute atomic E-state index is 14.4. The summed E-state index contributed by atoms with van der Waals surface area (Å²) in [5, 5.41) is 20.2. The number of fused-ring (bicyclic) bond motifs is 1. The molecule has 9 heteroatoms. The molecule has 1 saturated carbocycles. The summed E-state index contributed by atoms with van der Waals surface area (Å²) in [7, 11) is 0. The molecule has 2 aliphatic rings. The number of tetrazole rings is 1. The van der Waals surface area contributed by atoms with Crippen molar-refractivity contribution in [3.05, 3.63) is 71.5 Å². The average Bonchev–Trinajstić information content (AvgIpc) is 3.63. The van der Waals surface area contributed by atoms with Crippen LogP contribution in [0.5, 0.6) is 5.75 Å². The number of H-pyrrole nitrogens is 1. The molecule has 1 aromatic heterocycles. The zero-order chi connectivity index (χ0) is 25.4. The van der Waals surface area contributed by atoms with Crippen LogP contribution in [0.1, 0.15) is 42.7 Å². The number of hydrogen-bond donors (Lipinski definition) is 3. The maximum Gasteiger partial charge on any atom is 0.323 e. The molecule has 2 amide bonds.